The standard InChI is InChI=1S/C24H24ClFN4O2/c1-14-22-15(2)30(20-10-9-19(32-13-25)11-21(20)31-4)16(3)23(22)24(29-28-14)27-12-17-5-7-18(26)8-6-17/h5-11H,12-13H2,1-4H3,(H,27,29). The predicted molar refractivity (Wildman–Crippen MR) is 125 cm³/mol. The van der Waals surface area contributed by atoms with Crippen LogP contribution in [0.4, 0.5) is 10.2 Å². The summed E-state index contributed by atoms with van der Waals surface area (Å²) in [5.41, 5.74) is 4.70. The van der Waals surface area contributed by atoms with Gasteiger partial charge in [-0.2, -0.15) is 5.10 Å². The number of hydrogen-bond donors (Lipinski definition) is 1. The fourth-order valence-corrected chi connectivity index (χ4v) is 4.19. The van der Waals surface area contributed by atoms with E-state index >= 15 is 0 Å². The van der Waals surface area contributed by atoms with Crippen molar-refractivity contribution in [3.8, 4) is 17.2 Å². The molecule has 4 aromatic rings. The first-order valence-electron chi connectivity index (χ1n) is 10.1. The summed E-state index contributed by atoms with van der Waals surface area (Å²) in [4.78, 5) is 0. The third-order valence-electron chi connectivity index (χ3n) is 5.53. The van der Waals surface area contributed by atoms with Crippen molar-refractivity contribution in [1.82, 2.24) is 14.8 Å². The highest BCUT2D eigenvalue weighted by atomic mass is 35.5. The number of nitrogens with zero attached hydrogens (tertiary/aromatic N) is 3. The van der Waals surface area contributed by atoms with Gasteiger partial charge in [-0.3, -0.25) is 0 Å². The summed E-state index contributed by atoms with van der Waals surface area (Å²) < 4.78 is 26.4. The molecule has 2 aromatic heterocycles. The van der Waals surface area contributed by atoms with Gasteiger partial charge >= 0.3 is 0 Å². The van der Waals surface area contributed by atoms with Gasteiger partial charge in [-0.1, -0.05) is 23.7 Å². The number of benzene rings is 2. The first kappa shape index (κ1) is 21.9. The average Bonchev–Trinajstić information content (AvgIpc) is 3.06. The molecule has 166 valence electrons. The average molecular weight is 455 g/mol. The normalized spacial score (nSPS) is 11.1. The van der Waals surface area contributed by atoms with Crippen molar-refractivity contribution < 1.29 is 13.9 Å². The lowest BCUT2D eigenvalue weighted by atomic mass is 10.1. The van der Waals surface area contributed by atoms with Gasteiger partial charge in [0.25, 0.3) is 0 Å². The van der Waals surface area contributed by atoms with E-state index in [-0.39, 0.29) is 11.9 Å². The Hall–Kier alpha value is -3.32. The highest BCUT2D eigenvalue weighted by molar-refractivity contribution is 6.17. The number of aromatic nitrogens is 3. The molecule has 0 unspecified atom stereocenters. The van der Waals surface area contributed by atoms with E-state index in [1.807, 2.05) is 32.0 Å². The van der Waals surface area contributed by atoms with Crippen molar-refractivity contribution in [1.29, 1.82) is 0 Å². The molecular weight excluding hydrogens is 431 g/mol. The Balaban J connectivity index is 1.81. The largest absolute Gasteiger partial charge is 0.494 e. The molecule has 0 bridgehead atoms. The highest BCUT2D eigenvalue weighted by Crippen LogP contribution is 2.37. The van der Waals surface area contributed by atoms with E-state index < -0.39 is 0 Å². The molecule has 0 radical (unpaired) electrons. The first-order valence-corrected chi connectivity index (χ1v) is 10.7. The molecule has 0 atom stereocenters. The number of aryl methyl sites for hydroxylation is 3. The predicted octanol–water partition coefficient (Wildman–Crippen LogP) is 5.68. The number of methoxy groups -OCH3 is 1. The van der Waals surface area contributed by atoms with Gasteiger partial charge < -0.3 is 19.4 Å². The smallest absolute Gasteiger partial charge is 0.162 e. The quantitative estimate of drug-likeness (QED) is 0.364. The molecule has 0 saturated heterocycles. The van der Waals surface area contributed by atoms with Crippen molar-refractivity contribution in [3.63, 3.8) is 0 Å². The minimum atomic E-state index is -0.258. The third-order valence-corrected chi connectivity index (χ3v) is 5.64. The Morgan fingerprint density at radius 3 is 2.41 bits per heavy atom. The van der Waals surface area contributed by atoms with Gasteiger partial charge in [0.05, 0.1) is 18.5 Å². The maximum atomic E-state index is 13.2. The number of rotatable bonds is 7. The summed E-state index contributed by atoms with van der Waals surface area (Å²) >= 11 is 5.70. The van der Waals surface area contributed by atoms with Crippen LogP contribution in [0.2, 0.25) is 0 Å². The zero-order valence-corrected chi connectivity index (χ0v) is 19.1. The lowest BCUT2D eigenvalue weighted by molar-refractivity contribution is 0.377. The van der Waals surface area contributed by atoms with E-state index in [1.165, 1.54) is 12.1 Å². The van der Waals surface area contributed by atoms with E-state index in [2.05, 4.69) is 27.0 Å². The Morgan fingerprint density at radius 1 is 1.00 bits per heavy atom. The van der Waals surface area contributed by atoms with Crippen LogP contribution in [0.5, 0.6) is 11.5 Å². The van der Waals surface area contributed by atoms with E-state index in [0.29, 0.717) is 23.9 Å². The van der Waals surface area contributed by atoms with Crippen LogP contribution in [0.25, 0.3) is 16.5 Å². The molecule has 8 heteroatoms. The zero-order valence-electron chi connectivity index (χ0n) is 18.4. The molecule has 0 aliphatic carbocycles. The number of alkyl halides is 1. The van der Waals surface area contributed by atoms with Crippen LogP contribution in [0.3, 0.4) is 0 Å². The molecule has 0 spiro atoms. The second-order valence-corrected chi connectivity index (χ2v) is 7.68. The molecule has 0 amide bonds. The fourth-order valence-electron chi connectivity index (χ4n) is 4.06. The summed E-state index contributed by atoms with van der Waals surface area (Å²) in [5, 5.41) is 14.2. The van der Waals surface area contributed by atoms with Crippen molar-refractivity contribution in [3.05, 3.63) is 70.9 Å². The van der Waals surface area contributed by atoms with Gasteiger partial charge in [0.2, 0.25) is 0 Å². The van der Waals surface area contributed by atoms with Gasteiger partial charge in [-0.05, 0) is 50.6 Å². The van der Waals surface area contributed by atoms with Gasteiger partial charge in [-0.25, -0.2) is 4.39 Å². The second kappa shape index (κ2) is 9.04. The van der Waals surface area contributed by atoms with Crippen LogP contribution >= 0.6 is 11.6 Å². The molecule has 4 rings (SSSR count). The lowest BCUT2D eigenvalue weighted by Crippen LogP contribution is -2.04. The third kappa shape index (κ3) is 3.96. The van der Waals surface area contributed by atoms with E-state index in [4.69, 9.17) is 21.1 Å². The Kier molecular flexibility index (Phi) is 6.19. The van der Waals surface area contributed by atoms with Crippen LogP contribution < -0.4 is 14.8 Å². The molecule has 32 heavy (non-hydrogen) atoms. The molecule has 1 N–H and O–H groups in total. The number of ether oxygens (including phenoxy) is 2. The first-order chi connectivity index (χ1) is 15.4. The van der Waals surface area contributed by atoms with Crippen LogP contribution in [-0.2, 0) is 6.54 Å². The maximum Gasteiger partial charge on any atom is 0.162 e. The molecule has 0 fully saturated rings. The maximum absolute atomic E-state index is 13.2. The van der Waals surface area contributed by atoms with E-state index in [0.717, 1.165) is 39.1 Å². The summed E-state index contributed by atoms with van der Waals surface area (Å²) in [6.07, 6.45) is 0. The molecule has 0 aliphatic rings. The van der Waals surface area contributed by atoms with Crippen LogP contribution in [-0.4, -0.2) is 27.9 Å². The van der Waals surface area contributed by atoms with Gasteiger partial charge in [0, 0.05) is 34.8 Å². The SMILES string of the molecule is COc1cc(OCCl)ccc1-n1c(C)c2c(C)nnc(NCc3ccc(F)cc3)c2c1C. The molecule has 0 aliphatic heterocycles. The van der Waals surface area contributed by atoms with E-state index in [1.54, 1.807) is 19.2 Å². The zero-order chi connectivity index (χ0) is 22.8. The molecule has 2 aromatic carbocycles. The van der Waals surface area contributed by atoms with Gasteiger partial charge in [0.15, 0.2) is 11.9 Å². The summed E-state index contributed by atoms with van der Waals surface area (Å²) in [6.45, 7) is 6.55. The number of fused-ring (bicyclic) bond motifs is 1. The summed E-state index contributed by atoms with van der Waals surface area (Å²) in [5.74, 6) is 1.72. The van der Waals surface area contributed by atoms with Crippen LogP contribution in [0, 0.1) is 26.6 Å². The second-order valence-electron chi connectivity index (χ2n) is 7.46. The minimum Gasteiger partial charge on any atom is -0.494 e. The van der Waals surface area contributed by atoms with Crippen molar-refractivity contribution in [2.75, 3.05) is 18.5 Å². The fraction of sp³-hybridized carbons (Fsp3) is 0.250. The topological polar surface area (TPSA) is 61.2 Å². The number of anilines is 1. The van der Waals surface area contributed by atoms with E-state index in [9.17, 15) is 4.39 Å². The lowest BCUT2D eigenvalue weighted by Gasteiger charge is -2.15. The van der Waals surface area contributed by atoms with Gasteiger partial charge in [0.1, 0.15) is 17.3 Å². The molecule has 0 saturated carbocycles. The number of nitrogens with one attached hydrogen (secondary N) is 1. The Labute approximate surface area is 190 Å². The van der Waals surface area contributed by atoms with Gasteiger partial charge in [-0.15, -0.1) is 5.10 Å². The molecular formula is C24H24ClFN4O2. The highest BCUT2D eigenvalue weighted by Gasteiger charge is 2.21. The monoisotopic (exact) mass is 454 g/mol. The van der Waals surface area contributed by atoms with Crippen molar-refractivity contribution >= 4 is 28.2 Å². The number of halogens is 2. The summed E-state index contributed by atoms with van der Waals surface area (Å²) in [7, 11) is 1.63. The van der Waals surface area contributed by atoms with Crippen molar-refractivity contribution in [2.24, 2.45) is 0 Å². The Bertz CT molecular complexity index is 1270. The van der Waals surface area contributed by atoms with Crippen molar-refractivity contribution in [2.45, 2.75) is 27.3 Å². The number of hydrogen-bond acceptors (Lipinski definition) is 5. The van der Waals surface area contributed by atoms with Crippen LogP contribution in [0.1, 0.15) is 22.6 Å². The summed E-state index contributed by atoms with van der Waals surface area (Å²) in [6, 6.07) is 12.1. The Morgan fingerprint density at radius 2 is 1.72 bits per heavy atom. The molecule has 6 nitrogen and oxygen atoms in total. The molecule has 2 heterocycles. The minimum absolute atomic E-state index is 0.0631. The van der Waals surface area contributed by atoms with Crippen LogP contribution in [0.15, 0.2) is 42.5 Å².